The van der Waals surface area contributed by atoms with E-state index >= 15 is 0 Å². The number of nitrogens with one attached hydrogen (secondary N) is 1. The molecular formula is C25H24N4O3S2. The predicted molar refractivity (Wildman–Crippen MR) is 136 cm³/mol. The van der Waals surface area contributed by atoms with Gasteiger partial charge in [-0.2, -0.15) is 0 Å². The number of nitrogens with zero attached hydrogens (tertiary/aromatic N) is 3. The smallest absolute Gasteiger partial charge is 0.226 e. The van der Waals surface area contributed by atoms with Gasteiger partial charge >= 0.3 is 0 Å². The van der Waals surface area contributed by atoms with Gasteiger partial charge in [-0.15, -0.1) is 21.5 Å². The van der Waals surface area contributed by atoms with E-state index in [0.29, 0.717) is 28.0 Å². The van der Waals surface area contributed by atoms with Crippen molar-refractivity contribution in [3.8, 4) is 22.1 Å². The molecule has 7 nitrogen and oxygen atoms in total. The Labute approximate surface area is 206 Å². The molecule has 2 aromatic carbocycles. The Kier molecular flexibility index (Phi) is 7.44. The normalized spacial score (nSPS) is 10.9. The lowest BCUT2D eigenvalue weighted by atomic mass is 10.1. The topological polar surface area (TPSA) is 86.1 Å². The maximum Gasteiger partial charge on any atom is 0.226 e. The van der Waals surface area contributed by atoms with Crippen molar-refractivity contribution in [2.45, 2.75) is 19.0 Å². The van der Waals surface area contributed by atoms with Crippen LogP contribution in [0.3, 0.4) is 0 Å². The Morgan fingerprint density at radius 2 is 1.82 bits per heavy atom. The second kappa shape index (κ2) is 10.7. The molecule has 0 aliphatic rings. The molecule has 0 aliphatic carbocycles. The molecule has 0 unspecified atom stereocenters. The van der Waals surface area contributed by atoms with Crippen molar-refractivity contribution >= 4 is 40.5 Å². The number of para-hydroxylation sites is 2. The number of carbonyl (C=O) groups excluding carboxylic acids is 2. The molecule has 0 radical (unpaired) electrons. The molecule has 2 heterocycles. The van der Waals surface area contributed by atoms with Gasteiger partial charge in [0.2, 0.25) is 5.91 Å². The van der Waals surface area contributed by atoms with E-state index in [9.17, 15) is 9.59 Å². The van der Waals surface area contributed by atoms with Crippen LogP contribution in [0.4, 0.5) is 5.69 Å². The fourth-order valence-corrected chi connectivity index (χ4v) is 4.74. The molecule has 0 saturated heterocycles. The highest BCUT2D eigenvalue weighted by Crippen LogP contribution is 2.34. The third kappa shape index (κ3) is 5.21. The lowest BCUT2D eigenvalue weighted by Gasteiger charge is -2.13. The number of ketones is 1. The molecular weight excluding hydrogens is 468 g/mol. The molecule has 4 rings (SSSR count). The summed E-state index contributed by atoms with van der Waals surface area (Å²) in [4.78, 5) is 25.7. The molecule has 0 spiro atoms. The first kappa shape index (κ1) is 23.7. The molecule has 0 fully saturated rings. The number of amides is 1. The lowest BCUT2D eigenvalue weighted by Crippen LogP contribution is -2.17. The van der Waals surface area contributed by atoms with Crippen LogP contribution in [0.25, 0.3) is 16.4 Å². The number of thiophene rings is 1. The van der Waals surface area contributed by atoms with Crippen LogP contribution in [0.2, 0.25) is 0 Å². The Morgan fingerprint density at radius 3 is 2.50 bits per heavy atom. The van der Waals surface area contributed by atoms with Gasteiger partial charge in [-0.25, -0.2) is 0 Å². The Balaban J connectivity index is 1.55. The third-order valence-electron chi connectivity index (χ3n) is 5.03. The summed E-state index contributed by atoms with van der Waals surface area (Å²) >= 11 is 2.89. The molecule has 174 valence electrons. The third-order valence-corrected chi connectivity index (χ3v) is 6.83. The van der Waals surface area contributed by atoms with Gasteiger partial charge in [0.15, 0.2) is 16.8 Å². The zero-order valence-electron chi connectivity index (χ0n) is 19.0. The van der Waals surface area contributed by atoms with Crippen molar-refractivity contribution in [1.82, 2.24) is 14.8 Å². The number of hydrogen-bond acceptors (Lipinski definition) is 7. The molecule has 0 saturated carbocycles. The first-order chi connectivity index (χ1) is 16.5. The summed E-state index contributed by atoms with van der Waals surface area (Å²) in [6.07, 6.45) is 0. The molecule has 0 atom stereocenters. The monoisotopic (exact) mass is 492 g/mol. The lowest BCUT2D eigenvalue weighted by molar-refractivity contribution is -0.118. The van der Waals surface area contributed by atoms with Gasteiger partial charge in [-0.3, -0.25) is 14.2 Å². The largest absolute Gasteiger partial charge is 0.495 e. The standard InChI is InChI=1S/C25H24N4O3S2/c1-16(2)24(31)26-18-12-10-17(11-13-18)20(30)15-34-25-28-27-23(22-9-6-14-33-22)29(25)19-7-4-5-8-21(19)32-3/h4-14,16H,15H2,1-3H3,(H,26,31). The van der Waals surface area contributed by atoms with Crippen LogP contribution in [-0.2, 0) is 4.79 Å². The van der Waals surface area contributed by atoms with Gasteiger partial charge in [-0.1, -0.05) is 43.8 Å². The van der Waals surface area contributed by atoms with E-state index in [-0.39, 0.29) is 23.4 Å². The number of aromatic nitrogens is 3. The summed E-state index contributed by atoms with van der Waals surface area (Å²) in [5.41, 5.74) is 2.04. The zero-order chi connectivity index (χ0) is 24.1. The minimum Gasteiger partial charge on any atom is -0.495 e. The fourth-order valence-electron chi connectivity index (χ4n) is 3.20. The van der Waals surface area contributed by atoms with Crippen molar-refractivity contribution in [2.24, 2.45) is 5.92 Å². The summed E-state index contributed by atoms with van der Waals surface area (Å²) in [5.74, 6) is 1.35. The van der Waals surface area contributed by atoms with Crippen molar-refractivity contribution in [1.29, 1.82) is 0 Å². The average molecular weight is 493 g/mol. The molecule has 9 heteroatoms. The molecule has 2 aromatic heterocycles. The highest BCUT2D eigenvalue weighted by atomic mass is 32.2. The highest BCUT2D eigenvalue weighted by molar-refractivity contribution is 7.99. The van der Waals surface area contributed by atoms with Crippen molar-refractivity contribution in [2.75, 3.05) is 18.2 Å². The maximum atomic E-state index is 12.9. The molecule has 1 amide bonds. The van der Waals surface area contributed by atoms with E-state index in [1.807, 2.05) is 60.2 Å². The molecule has 0 bridgehead atoms. The summed E-state index contributed by atoms with van der Waals surface area (Å²) in [6, 6.07) is 18.5. The zero-order valence-corrected chi connectivity index (χ0v) is 20.7. The van der Waals surface area contributed by atoms with Gasteiger partial charge in [-0.05, 0) is 47.8 Å². The molecule has 4 aromatic rings. The number of methoxy groups -OCH3 is 1. The van der Waals surface area contributed by atoms with Gasteiger partial charge in [0, 0.05) is 17.2 Å². The summed E-state index contributed by atoms with van der Waals surface area (Å²) in [5, 5.41) is 14.2. The van der Waals surface area contributed by atoms with E-state index in [1.54, 1.807) is 42.7 Å². The van der Waals surface area contributed by atoms with Crippen LogP contribution in [0.5, 0.6) is 5.75 Å². The Bertz CT molecular complexity index is 1280. The van der Waals surface area contributed by atoms with Crippen molar-refractivity contribution < 1.29 is 14.3 Å². The number of hydrogen-bond donors (Lipinski definition) is 1. The van der Waals surface area contributed by atoms with E-state index in [1.165, 1.54) is 11.8 Å². The van der Waals surface area contributed by atoms with E-state index in [0.717, 1.165) is 10.6 Å². The molecule has 34 heavy (non-hydrogen) atoms. The number of benzene rings is 2. The minimum atomic E-state index is -0.114. The van der Waals surface area contributed by atoms with Crippen LogP contribution in [0, 0.1) is 5.92 Å². The SMILES string of the molecule is COc1ccccc1-n1c(SCC(=O)c2ccc(NC(=O)C(C)C)cc2)nnc1-c1cccs1. The number of thioether (sulfide) groups is 1. The first-order valence-electron chi connectivity index (χ1n) is 10.7. The predicted octanol–water partition coefficient (Wildman–Crippen LogP) is 5.57. The first-order valence-corrected chi connectivity index (χ1v) is 12.5. The quantitative estimate of drug-likeness (QED) is 0.243. The molecule has 0 aliphatic heterocycles. The van der Waals surface area contributed by atoms with Crippen LogP contribution >= 0.6 is 23.1 Å². The van der Waals surface area contributed by atoms with Gasteiger partial charge in [0.05, 0.1) is 23.4 Å². The fraction of sp³-hybridized carbons (Fsp3) is 0.200. The number of anilines is 1. The average Bonchev–Trinajstić information content (AvgIpc) is 3.52. The van der Waals surface area contributed by atoms with E-state index < -0.39 is 0 Å². The Hall–Kier alpha value is -3.43. The van der Waals surface area contributed by atoms with Gasteiger partial charge in [0.25, 0.3) is 0 Å². The summed E-state index contributed by atoms with van der Waals surface area (Å²) in [6.45, 7) is 3.66. The highest BCUT2D eigenvalue weighted by Gasteiger charge is 2.20. The second-order valence-corrected chi connectivity index (χ2v) is 9.61. The van der Waals surface area contributed by atoms with E-state index in [4.69, 9.17) is 4.74 Å². The van der Waals surface area contributed by atoms with Gasteiger partial charge in [0.1, 0.15) is 5.75 Å². The number of ether oxygens (including phenoxy) is 1. The number of carbonyl (C=O) groups is 2. The Morgan fingerprint density at radius 1 is 1.06 bits per heavy atom. The maximum absolute atomic E-state index is 12.9. The summed E-state index contributed by atoms with van der Waals surface area (Å²) in [7, 11) is 1.62. The number of rotatable bonds is 9. The summed E-state index contributed by atoms with van der Waals surface area (Å²) < 4.78 is 7.49. The van der Waals surface area contributed by atoms with Crippen LogP contribution < -0.4 is 10.1 Å². The van der Waals surface area contributed by atoms with Crippen LogP contribution in [0.1, 0.15) is 24.2 Å². The number of Topliss-reactive ketones (excluding diaryl/α,β-unsaturated/α-hetero) is 1. The minimum absolute atomic E-state index is 0.0426. The van der Waals surface area contributed by atoms with Crippen LogP contribution in [0.15, 0.2) is 71.2 Å². The van der Waals surface area contributed by atoms with Crippen LogP contribution in [-0.4, -0.2) is 39.3 Å². The van der Waals surface area contributed by atoms with Crippen molar-refractivity contribution in [3.63, 3.8) is 0 Å². The van der Waals surface area contributed by atoms with Gasteiger partial charge < -0.3 is 10.1 Å². The molecule has 1 N–H and O–H groups in total. The van der Waals surface area contributed by atoms with E-state index in [2.05, 4.69) is 15.5 Å². The van der Waals surface area contributed by atoms with Crippen molar-refractivity contribution in [3.05, 3.63) is 71.6 Å². The second-order valence-electron chi connectivity index (χ2n) is 7.72.